The monoisotopic (exact) mass is 273 g/mol. The SMILES string of the molecule is CSCCCCNc1ccc(Br)cc1. The average Bonchev–Trinajstić information content (AvgIpc) is 2.21. The van der Waals surface area contributed by atoms with E-state index >= 15 is 0 Å². The van der Waals surface area contributed by atoms with Crippen molar-refractivity contribution in [2.24, 2.45) is 0 Å². The summed E-state index contributed by atoms with van der Waals surface area (Å²) < 4.78 is 1.13. The van der Waals surface area contributed by atoms with Gasteiger partial charge in [-0.05, 0) is 49.1 Å². The number of hydrogen-bond donors (Lipinski definition) is 1. The molecule has 0 aliphatic rings. The highest BCUT2D eigenvalue weighted by Crippen LogP contribution is 2.14. The zero-order valence-electron chi connectivity index (χ0n) is 8.42. The summed E-state index contributed by atoms with van der Waals surface area (Å²) in [7, 11) is 0. The molecule has 0 heterocycles. The Kier molecular flexibility index (Phi) is 6.12. The molecule has 0 aromatic heterocycles. The first-order valence-electron chi connectivity index (χ1n) is 4.81. The fourth-order valence-electron chi connectivity index (χ4n) is 1.17. The van der Waals surface area contributed by atoms with Gasteiger partial charge in [-0.1, -0.05) is 15.9 Å². The molecule has 1 aromatic carbocycles. The Labute approximate surface area is 98.8 Å². The molecule has 0 bridgehead atoms. The smallest absolute Gasteiger partial charge is 0.0340 e. The third-order valence-corrected chi connectivity index (χ3v) is 3.17. The number of benzene rings is 1. The van der Waals surface area contributed by atoms with Crippen molar-refractivity contribution >= 4 is 33.4 Å². The largest absolute Gasteiger partial charge is 0.385 e. The van der Waals surface area contributed by atoms with Gasteiger partial charge in [0.1, 0.15) is 0 Å². The Bertz CT molecular complexity index is 248. The number of hydrogen-bond acceptors (Lipinski definition) is 2. The van der Waals surface area contributed by atoms with Crippen LogP contribution < -0.4 is 5.32 Å². The predicted octanol–water partition coefficient (Wildman–Crippen LogP) is 4.00. The lowest BCUT2D eigenvalue weighted by molar-refractivity contribution is 0.843. The fourth-order valence-corrected chi connectivity index (χ4v) is 1.93. The predicted molar refractivity (Wildman–Crippen MR) is 70.2 cm³/mol. The summed E-state index contributed by atoms with van der Waals surface area (Å²) in [5.74, 6) is 1.27. The third kappa shape index (κ3) is 4.91. The van der Waals surface area contributed by atoms with Gasteiger partial charge in [0, 0.05) is 16.7 Å². The van der Waals surface area contributed by atoms with E-state index in [9.17, 15) is 0 Å². The summed E-state index contributed by atoms with van der Waals surface area (Å²) in [6.45, 7) is 1.07. The summed E-state index contributed by atoms with van der Waals surface area (Å²) >= 11 is 5.33. The van der Waals surface area contributed by atoms with Crippen molar-refractivity contribution in [2.45, 2.75) is 12.8 Å². The zero-order valence-corrected chi connectivity index (χ0v) is 10.8. The second-order valence-electron chi connectivity index (χ2n) is 3.13. The summed E-state index contributed by atoms with van der Waals surface area (Å²) in [5, 5.41) is 3.40. The Balaban J connectivity index is 2.15. The molecular weight excluding hydrogens is 258 g/mol. The van der Waals surface area contributed by atoms with Gasteiger partial charge in [0.2, 0.25) is 0 Å². The lowest BCUT2D eigenvalue weighted by Gasteiger charge is -2.05. The zero-order chi connectivity index (χ0) is 10.2. The van der Waals surface area contributed by atoms with Crippen LogP contribution in [0, 0.1) is 0 Å². The first-order valence-corrected chi connectivity index (χ1v) is 7.00. The normalized spacial score (nSPS) is 10.1. The van der Waals surface area contributed by atoms with Crippen LogP contribution >= 0.6 is 27.7 Å². The van der Waals surface area contributed by atoms with Crippen LogP contribution in [-0.2, 0) is 0 Å². The molecule has 0 unspecified atom stereocenters. The van der Waals surface area contributed by atoms with Crippen LogP contribution in [0.3, 0.4) is 0 Å². The Morgan fingerprint density at radius 3 is 2.57 bits per heavy atom. The number of thioether (sulfide) groups is 1. The summed E-state index contributed by atoms with van der Waals surface area (Å²) in [6.07, 6.45) is 4.70. The van der Waals surface area contributed by atoms with Gasteiger partial charge in [0.15, 0.2) is 0 Å². The van der Waals surface area contributed by atoms with Crippen molar-refractivity contribution < 1.29 is 0 Å². The highest BCUT2D eigenvalue weighted by Gasteiger charge is 1.91. The number of halogens is 1. The molecule has 0 spiro atoms. The second kappa shape index (κ2) is 7.18. The fraction of sp³-hybridized carbons (Fsp3) is 0.455. The number of unbranched alkanes of at least 4 members (excludes halogenated alkanes) is 1. The van der Waals surface area contributed by atoms with Gasteiger partial charge in [-0.15, -0.1) is 0 Å². The molecule has 14 heavy (non-hydrogen) atoms. The van der Waals surface area contributed by atoms with Crippen molar-refractivity contribution in [1.29, 1.82) is 0 Å². The minimum absolute atomic E-state index is 1.07. The van der Waals surface area contributed by atoms with Crippen LogP contribution in [-0.4, -0.2) is 18.6 Å². The molecule has 1 N–H and O–H groups in total. The number of anilines is 1. The molecule has 0 saturated carbocycles. The Morgan fingerprint density at radius 2 is 1.93 bits per heavy atom. The minimum Gasteiger partial charge on any atom is -0.385 e. The Morgan fingerprint density at radius 1 is 1.21 bits per heavy atom. The van der Waals surface area contributed by atoms with Gasteiger partial charge in [0.05, 0.1) is 0 Å². The quantitative estimate of drug-likeness (QED) is 0.787. The van der Waals surface area contributed by atoms with E-state index in [0.29, 0.717) is 0 Å². The van der Waals surface area contributed by atoms with E-state index < -0.39 is 0 Å². The van der Waals surface area contributed by atoms with Gasteiger partial charge in [-0.3, -0.25) is 0 Å². The lowest BCUT2D eigenvalue weighted by Crippen LogP contribution is -2.01. The molecule has 0 aliphatic heterocycles. The maximum Gasteiger partial charge on any atom is 0.0340 e. The maximum absolute atomic E-state index is 3.42. The van der Waals surface area contributed by atoms with Crippen LogP contribution in [0.2, 0.25) is 0 Å². The van der Waals surface area contributed by atoms with Crippen LogP contribution in [0.4, 0.5) is 5.69 Å². The summed E-state index contributed by atoms with van der Waals surface area (Å²) in [6, 6.07) is 8.31. The minimum atomic E-state index is 1.07. The molecule has 0 aliphatic carbocycles. The van der Waals surface area contributed by atoms with Gasteiger partial charge in [0.25, 0.3) is 0 Å². The van der Waals surface area contributed by atoms with Crippen molar-refractivity contribution in [3.63, 3.8) is 0 Å². The van der Waals surface area contributed by atoms with E-state index in [-0.39, 0.29) is 0 Å². The highest BCUT2D eigenvalue weighted by molar-refractivity contribution is 9.10. The maximum atomic E-state index is 3.42. The third-order valence-electron chi connectivity index (χ3n) is 1.95. The van der Waals surface area contributed by atoms with Crippen molar-refractivity contribution in [3.05, 3.63) is 28.7 Å². The molecule has 0 atom stereocenters. The van der Waals surface area contributed by atoms with Crippen LogP contribution in [0.15, 0.2) is 28.7 Å². The van der Waals surface area contributed by atoms with Crippen LogP contribution in [0.5, 0.6) is 0 Å². The Hall–Kier alpha value is -0.150. The molecule has 0 radical (unpaired) electrons. The van der Waals surface area contributed by atoms with Gasteiger partial charge < -0.3 is 5.32 Å². The van der Waals surface area contributed by atoms with Crippen LogP contribution in [0.25, 0.3) is 0 Å². The van der Waals surface area contributed by atoms with Crippen LogP contribution in [0.1, 0.15) is 12.8 Å². The molecule has 3 heteroatoms. The van der Waals surface area contributed by atoms with Crippen molar-refractivity contribution in [3.8, 4) is 0 Å². The first kappa shape index (κ1) is 11.9. The molecule has 0 amide bonds. The van der Waals surface area contributed by atoms with E-state index in [0.717, 1.165) is 11.0 Å². The van der Waals surface area contributed by atoms with E-state index in [1.807, 2.05) is 11.8 Å². The molecule has 1 nitrogen and oxygen atoms in total. The van der Waals surface area contributed by atoms with Gasteiger partial charge in [-0.2, -0.15) is 11.8 Å². The van der Waals surface area contributed by atoms with Gasteiger partial charge in [-0.25, -0.2) is 0 Å². The van der Waals surface area contributed by atoms with Crippen molar-refractivity contribution in [2.75, 3.05) is 23.9 Å². The topological polar surface area (TPSA) is 12.0 Å². The standard InChI is InChI=1S/C11H16BrNS/c1-14-9-3-2-8-13-11-6-4-10(12)5-7-11/h4-7,13H,2-3,8-9H2,1H3. The van der Waals surface area contributed by atoms with E-state index in [4.69, 9.17) is 0 Å². The molecular formula is C11H16BrNS. The number of nitrogens with one attached hydrogen (secondary N) is 1. The molecule has 1 rings (SSSR count). The first-order chi connectivity index (χ1) is 6.83. The van der Waals surface area contributed by atoms with E-state index in [1.165, 1.54) is 24.3 Å². The molecule has 78 valence electrons. The van der Waals surface area contributed by atoms with Gasteiger partial charge >= 0.3 is 0 Å². The average molecular weight is 274 g/mol. The number of rotatable bonds is 6. The lowest BCUT2D eigenvalue weighted by atomic mass is 10.3. The highest BCUT2D eigenvalue weighted by atomic mass is 79.9. The second-order valence-corrected chi connectivity index (χ2v) is 5.03. The van der Waals surface area contributed by atoms with E-state index in [2.05, 4.69) is 51.8 Å². The molecule has 0 saturated heterocycles. The summed E-state index contributed by atoms with van der Waals surface area (Å²) in [5.41, 5.74) is 1.21. The molecule has 1 aromatic rings. The van der Waals surface area contributed by atoms with Crippen molar-refractivity contribution in [1.82, 2.24) is 0 Å². The molecule has 0 fully saturated rings. The summed E-state index contributed by atoms with van der Waals surface area (Å²) in [4.78, 5) is 0. The van der Waals surface area contributed by atoms with E-state index in [1.54, 1.807) is 0 Å².